The highest BCUT2D eigenvalue weighted by Gasteiger charge is 2.38. The fourth-order valence-corrected chi connectivity index (χ4v) is 3.46. The van der Waals surface area contributed by atoms with E-state index in [4.69, 9.17) is 4.74 Å². The summed E-state index contributed by atoms with van der Waals surface area (Å²) in [5.41, 5.74) is 2.22. The van der Waals surface area contributed by atoms with Gasteiger partial charge in [-0.15, -0.1) is 0 Å². The maximum Gasteiger partial charge on any atom is 0.332 e. The Morgan fingerprint density at radius 3 is 2.48 bits per heavy atom. The summed E-state index contributed by atoms with van der Waals surface area (Å²) in [6.07, 6.45) is 0. The van der Waals surface area contributed by atoms with Crippen LogP contribution in [0.3, 0.4) is 0 Å². The molecule has 3 amide bonds. The molecule has 7 heteroatoms. The molecule has 4 rings (SSSR count). The predicted octanol–water partition coefficient (Wildman–Crippen LogP) is 2.20. The smallest absolute Gasteiger partial charge is 0.332 e. The zero-order chi connectivity index (χ0) is 18.8. The lowest BCUT2D eigenvalue weighted by molar-refractivity contribution is -0.116. The van der Waals surface area contributed by atoms with Crippen molar-refractivity contribution in [2.45, 2.75) is 13.5 Å². The second-order valence-corrected chi connectivity index (χ2v) is 6.73. The molecule has 0 spiro atoms. The number of hydrogen-bond acceptors (Lipinski definition) is 5. The number of carbonyl (C=O) groups excluding carboxylic acids is 2. The van der Waals surface area contributed by atoms with Crippen LogP contribution in [0.5, 0.6) is 0 Å². The number of nitrogens with zero attached hydrogens (tertiary/aromatic N) is 4. The van der Waals surface area contributed by atoms with Crippen molar-refractivity contribution in [3.63, 3.8) is 0 Å². The standard InChI is InChI=1S/C20H22N4O3/c1-15-17(7-8-18(21-15)22-9-11-27-12-10-22)24-19(25)14-23(20(24)26)13-16-5-3-2-4-6-16/h2-8H,9-14H2,1H3. The van der Waals surface area contributed by atoms with Crippen LogP contribution >= 0.6 is 0 Å². The quantitative estimate of drug-likeness (QED) is 0.776. The van der Waals surface area contributed by atoms with Crippen molar-refractivity contribution >= 4 is 23.4 Å². The largest absolute Gasteiger partial charge is 0.378 e. The molecule has 27 heavy (non-hydrogen) atoms. The average molecular weight is 366 g/mol. The van der Waals surface area contributed by atoms with Crippen LogP contribution in [-0.4, -0.2) is 54.7 Å². The van der Waals surface area contributed by atoms with Gasteiger partial charge in [0.25, 0.3) is 5.91 Å². The first kappa shape index (κ1) is 17.5. The van der Waals surface area contributed by atoms with Crippen molar-refractivity contribution in [3.05, 3.63) is 53.7 Å². The molecule has 0 bridgehead atoms. The molecule has 3 heterocycles. The normalized spacial score (nSPS) is 17.7. The van der Waals surface area contributed by atoms with E-state index in [1.807, 2.05) is 49.4 Å². The lowest BCUT2D eigenvalue weighted by Crippen LogP contribution is -2.37. The Bertz CT molecular complexity index is 850. The lowest BCUT2D eigenvalue weighted by atomic mass is 10.2. The fraction of sp³-hybridized carbons (Fsp3) is 0.350. The molecule has 2 aromatic rings. The van der Waals surface area contributed by atoms with Gasteiger partial charge in [0.2, 0.25) is 0 Å². The van der Waals surface area contributed by atoms with Crippen LogP contribution in [0.15, 0.2) is 42.5 Å². The number of amides is 3. The third-order valence-corrected chi connectivity index (χ3v) is 4.87. The van der Waals surface area contributed by atoms with Crippen molar-refractivity contribution in [3.8, 4) is 0 Å². The summed E-state index contributed by atoms with van der Waals surface area (Å²) in [4.78, 5) is 34.9. The maximum atomic E-state index is 12.8. The van der Waals surface area contributed by atoms with E-state index in [1.165, 1.54) is 4.90 Å². The number of benzene rings is 1. The van der Waals surface area contributed by atoms with Crippen LogP contribution in [0, 0.1) is 6.92 Å². The van der Waals surface area contributed by atoms with Crippen molar-refractivity contribution < 1.29 is 14.3 Å². The van der Waals surface area contributed by atoms with Crippen LogP contribution in [0.2, 0.25) is 0 Å². The first-order valence-corrected chi connectivity index (χ1v) is 9.09. The zero-order valence-corrected chi connectivity index (χ0v) is 15.3. The van der Waals surface area contributed by atoms with E-state index < -0.39 is 0 Å². The Labute approximate surface area is 158 Å². The van der Waals surface area contributed by atoms with Gasteiger partial charge < -0.3 is 14.5 Å². The molecule has 0 aliphatic carbocycles. The van der Waals surface area contributed by atoms with Gasteiger partial charge in [-0.3, -0.25) is 4.79 Å². The maximum absolute atomic E-state index is 12.8. The van der Waals surface area contributed by atoms with Gasteiger partial charge in [-0.25, -0.2) is 14.7 Å². The molecule has 7 nitrogen and oxygen atoms in total. The van der Waals surface area contributed by atoms with Gasteiger partial charge in [-0.05, 0) is 24.6 Å². The van der Waals surface area contributed by atoms with Crippen molar-refractivity contribution in [1.82, 2.24) is 9.88 Å². The van der Waals surface area contributed by atoms with E-state index in [2.05, 4.69) is 9.88 Å². The highest BCUT2D eigenvalue weighted by atomic mass is 16.5. The molecule has 0 saturated carbocycles. The summed E-state index contributed by atoms with van der Waals surface area (Å²) in [6.45, 7) is 5.27. The molecular weight excluding hydrogens is 344 g/mol. The molecular formula is C20H22N4O3. The Morgan fingerprint density at radius 1 is 1.04 bits per heavy atom. The fourth-order valence-electron chi connectivity index (χ4n) is 3.46. The van der Waals surface area contributed by atoms with Gasteiger partial charge in [0, 0.05) is 19.6 Å². The number of morpholine rings is 1. The minimum absolute atomic E-state index is 0.0817. The van der Waals surface area contributed by atoms with Crippen LogP contribution in [0.1, 0.15) is 11.3 Å². The van der Waals surface area contributed by atoms with Crippen LogP contribution in [0.4, 0.5) is 16.3 Å². The predicted molar refractivity (Wildman–Crippen MR) is 102 cm³/mol. The van der Waals surface area contributed by atoms with E-state index in [0.717, 1.165) is 24.5 Å². The molecule has 0 N–H and O–H groups in total. The molecule has 0 unspecified atom stereocenters. The minimum atomic E-state index is -0.298. The molecule has 2 saturated heterocycles. The van der Waals surface area contributed by atoms with Gasteiger partial charge in [-0.2, -0.15) is 0 Å². The molecule has 0 atom stereocenters. The molecule has 2 aliphatic rings. The molecule has 2 fully saturated rings. The van der Waals surface area contributed by atoms with E-state index in [0.29, 0.717) is 31.1 Å². The van der Waals surface area contributed by atoms with E-state index in [1.54, 1.807) is 4.90 Å². The van der Waals surface area contributed by atoms with Gasteiger partial charge in [0.05, 0.1) is 24.6 Å². The zero-order valence-electron chi connectivity index (χ0n) is 15.3. The summed E-state index contributed by atoms with van der Waals surface area (Å²) in [5.74, 6) is 0.625. The summed E-state index contributed by atoms with van der Waals surface area (Å²) in [7, 11) is 0. The molecule has 1 aromatic carbocycles. The highest BCUT2D eigenvalue weighted by molar-refractivity contribution is 6.20. The van der Waals surface area contributed by atoms with Gasteiger partial charge in [-0.1, -0.05) is 30.3 Å². The molecule has 0 radical (unpaired) electrons. The Kier molecular flexibility index (Phi) is 4.77. The highest BCUT2D eigenvalue weighted by Crippen LogP contribution is 2.27. The van der Waals surface area contributed by atoms with Crippen molar-refractivity contribution in [2.24, 2.45) is 0 Å². The number of pyridine rings is 1. The third kappa shape index (κ3) is 3.50. The Hall–Kier alpha value is -2.93. The molecule has 1 aromatic heterocycles. The van der Waals surface area contributed by atoms with Crippen LogP contribution in [-0.2, 0) is 16.1 Å². The van der Waals surface area contributed by atoms with Gasteiger partial charge in [0.15, 0.2) is 0 Å². The average Bonchev–Trinajstić information content (AvgIpc) is 2.97. The number of aryl methyl sites for hydroxylation is 1. The topological polar surface area (TPSA) is 66.0 Å². The third-order valence-electron chi connectivity index (χ3n) is 4.87. The lowest BCUT2D eigenvalue weighted by Gasteiger charge is -2.28. The van der Waals surface area contributed by atoms with Crippen LogP contribution in [0.25, 0.3) is 0 Å². The second kappa shape index (κ2) is 7.36. The summed E-state index contributed by atoms with van der Waals surface area (Å²) in [5, 5.41) is 0. The number of urea groups is 1. The number of imide groups is 1. The Morgan fingerprint density at radius 2 is 1.78 bits per heavy atom. The van der Waals surface area contributed by atoms with E-state index in [9.17, 15) is 9.59 Å². The number of hydrogen-bond donors (Lipinski definition) is 0. The summed E-state index contributed by atoms with van der Waals surface area (Å²) in [6, 6.07) is 13.1. The van der Waals surface area contributed by atoms with Crippen LogP contribution < -0.4 is 9.80 Å². The number of ether oxygens (including phenoxy) is 1. The van der Waals surface area contributed by atoms with E-state index in [-0.39, 0.29) is 18.5 Å². The van der Waals surface area contributed by atoms with Gasteiger partial charge in [0.1, 0.15) is 12.4 Å². The number of aromatic nitrogens is 1. The number of rotatable bonds is 4. The molecule has 140 valence electrons. The first-order valence-electron chi connectivity index (χ1n) is 9.09. The Balaban J connectivity index is 1.54. The summed E-state index contributed by atoms with van der Waals surface area (Å²) < 4.78 is 5.37. The SMILES string of the molecule is Cc1nc(N2CCOCC2)ccc1N1C(=O)CN(Cc2ccccc2)C1=O. The second-order valence-electron chi connectivity index (χ2n) is 6.73. The monoisotopic (exact) mass is 366 g/mol. The first-order chi connectivity index (χ1) is 13.1. The van der Waals surface area contributed by atoms with Crippen molar-refractivity contribution in [2.75, 3.05) is 42.6 Å². The van der Waals surface area contributed by atoms with Gasteiger partial charge >= 0.3 is 6.03 Å². The summed E-state index contributed by atoms with van der Waals surface area (Å²) >= 11 is 0. The van der Waals surface area contributed by atoms with E-state index >= 15 is 0 Å². The van der Waals surface area contributed by atoms with Crippen molar-refractivity contribution in [1.29, 1.82) is 0 Å². The number of carbonyl (C=O) groups is 2. The molecule has 2 aliphatic heterocycles. The number of anilines is 2. The minimum Gasteiger partial charge on any atom is -0.378 e.